The predicted molar refractivity (Wildman–Crippen MR) is 86.4 cm³/mol. The standard InChI is InChI=1S/C17H26N4/c1-10-8-11(2)19-14(5)17(10)13(4)18-9-16-12(3)20-21(7)15(16)6/h8,13,18H,9H2,1-7H3. The van der Waals surface area contributed by atoms with Crippen LogP contribution in [0.3, 0.4) is 0 Å². The first-order chi connectivity index (χ1) is 9.81. The van der Waals surface area contributed by atoms with E-state index in [1.807, 2.05) is 18.7 Å². The maximum absolute atomic E-state index is 4.59. The topological polar surface area (TPSA) is 42.7 Å². The van der Waals surface area contributed by atoms with E-state index in [9.17, 15) is 0 Å². The number of aromatic nitrogens is 3. The molecule has 2 aromatic heterocycles. The van der Waals surface area contributed by atoms with Crippen molar-refractivity contribution in [3.63, 3.8) is 0 Å². The van der Waals surface area contributed by atoms with Crippen LogP contribution in [-0.4, -0.2) is 14.8 Å². The van der Waals surface area contributed by atoms with Crippen LogP contribution in [0, 0.1) is 34.6 Å². The second kappa shape index (κ2) is 5.98. The molecule has 114 valence electrons. The van der Waals surface area contributed by atoms with E-state index in [1.165, 1.54) is 22.4 Å². The van der Waals surface area contributed by atoms with Crippen molar-refractivity contribution in [3.05, 3.63) is 45.5 Å². The van der Waals surface area contributed by atoms with Gasteiger partial charge in [-0.05, 0) is 58.7 Å². The van der Waals surface area contributed by atoms with E-state index in [1.54, 1.807) is 0 Å². The molecule has 0 aliphatic carbocycles. The monoisotopic (exact) mass is 286 g/mol. The summed E-state index contributed by atoms with van der Waals surface area (Å²) in [6.45, 7) is 13.5. The number of nitrogens with one attached hydrogen (secondary N) is 1. The molecule has 0 saturated heterocycles. The van der Waals surface area contributed by atoms with Crippen LogP contribution in [0.1, 0.15) is 52.4 Å². The van der Waals surface area contributed by atoms with E-state index in [4.69, 9.17) is 0 Å². The Morgan fingerprint density at radius 2 is 1.81 bits per heavy atom. The van der Waals surface area contributed by atoms with Gasteiger partial charge in [-0.15, -0.1) is 0 Å². The van der Waals surface area contributed by atoms with Crippen LogP contribution in [0.25, 0.3) is 0 Å². The number of pyridine rings is 1. The third-order valence-corrected chi connectivity index (χ3v) is 4.26. The van der Waals surface area contributed by atoms with Crippen LogP contribution < -0.4 is 5.32 Å². The lowest BCUT2D eigenvalue weighted by Gasteiger charge is -2.19. The summed E-state index contributed by atoms with van der Waals surface area (Å²) in [7, 11) is 1.99. The van der Waals surface area contributed by atoms with Crippen molar-refractivity contribution in [2.45, 2.75) is 54.1 Å². The average molecular weight is 286 g/mol. The van der Waals surface area contributed by atoms with Crippen molar-refractivity contribution >= 4 is 0 Å². The third-order valence-electron chi connectivity index (χ3n) is 4.26. The minimum absolute atomic E-state index is 0.275. The summed E-state index contributed by atoms with van der Waals surface area (Å²) in [4.78, 5) is 4.59. The minimum Gasteiger partial charge on any atom is -0.306 e. The number of aryl methyl sites for hydroxylation is 5. The lowest BCUT2D eigenvalue weighted by molar-refractivity contribution is 0.564. The van der Waals surface area contributed by atoms with Crippen LogP contribution in [0.15, 0.2) is 6.07 Å². The largest absolute Gasteiger partial charge is 0.306 e. The summed E-state index contributed by atoms with van der Waals surface area (Å²) >= 11 is 0. The molecule has 0 amide bonds. The molecule has 0 fully saturated rings. The second-order valence-corrected chi connectivity index (χ2v) is 5.96. The van der Waals surface area contributed by atoms with Crippen molar-refractivity contribution in [2.24, 2.45) is 7.05 Å². The van der Waals surface area contributed by atoms with Gasteiger partial charge < -0.3 is 5.32 Å². The van der Waals surface area contributed by atoms with Gasteiger partial charge in [-0.2, -0.15) is 5.10 Å². The molecule has 0 bridgehead atoms. The quantitative estimate of drug-likeness (QED) is 0.938. The maximum Gasteiger partial charge on any atom is 0.0641 e. The van der Waals surface area contributed by atoms with Gasteiger partial charge in [0.1, 0.15) is 0 Å². The summed E-state index contributed by atoms with van der Waals surface area (Å²) in [6, 6.07) is 2.43. The van der Waals surface area contributed by atoms with Gasteiger partial charge in [0.2, 0.25) is 0 Å². The van der Waals surface area contributed by atoms with Crippen LogP contribution in [0.2, 0.25) is 0 Å². The number of rotatable bonds is 4. The van der Waals surface area contributed by atoms with E-state index < -0.39 is 0 Å². The molecule has 21 heavy (non-hydrogen) atoms. The number of nitrogens with zero attached hydrogens (tertiary/aromatic N) is 3. The Labute approximate surface area is 127 Å². The van der Waals surface area contributed by atoms with Gasteiger partial charge in [0.25, 0.3) is 0 Å². The molecule has 0 saturated carbocycles. The highest BCUT2D eigenvalue weighted by Gasteiger charge is 2.15. The molecule has 0 spiro atoms. The smallest absolute Gasteiger partial charge is 0.0641 e. The molecule has 4 heteroatoms. The average Bonchev–Trinajstić information content (AvgIpc) is 2.60. The van der Waals surface area contributed by atoms with Gasteiger partial charge in [0.15, 0.2) is 0 Å². The SMILES string of the molecule is Cc1cc(C)c(C(C)NCc2c(C)nn(C)c2C)c(C)n1. The Bertz CT molecular complexity index is 632. The summed E-state index contributed by atoms with van der Waals surface area (Å²) in [6.07, 6.45) is 0. The zero-order valence-corrected chi connectivity index (χ0v) is 14.2. The lowest BCUT2D eigenvalue weighted by Crippen LogP contribution is -2.21. The van der Waals surface area contributed by atoms with Gasteiger partial charge in [0, 0.05) is 42.3 Å². The van der Waals surface area contributed by atoms with Gasteiger partial charge in [-0.25, -0.2) is 0 Å². The van der Waals surface area contributed by atoms with Gasteiger partial charge in [-0.1, -0.05) is 0 Å². The molecule has 0 aliphatic rings. The third kappa shape index (κ3) is 3.16. The summed E-state index contributed by atoms with van der Waals surface area (Å²) in [5.41, 5.74) is 8.43. The summed E-state index contributed by atoms with van der Waals surface area (Å²) in [5, 5.41) is 8.09. The molecular formula is C17H26N4. The molecule has 1 unspecified atom stereocenters. The molecular weight excluding hydrogens is 260 g/mol. The molecule has 1 N–H and O–H groups in total. The Morgan fingerprint density at radius 1 is 1.14 bits per heavy atom. The van der Waals surface area contributed by atoms with Crippen LogP contribution in [0.4, 0.5) is 0 Å². The minimum atomic E-state index is 0.275. The number of hydrogen-bond acceptors (Lipinski definition) is 3. The molecule has 0 aliphatic heterocycles. The zero-order chi connectivity index (χ0) is 15.7. The maximum atomic E-state index is 4.59. The molecule has 2 heterocycles. The van der Waals surface area contributed by atoms with E-state index in [0.717, 1.165) is 23.6 Å². The Kier molecular flexibility index (Phi) is 4.47. The van der Waals surface area contributed by atoms with Gasteiger partial charge >= 0.3 is 0 Å². The molecule has 2 aromatic rings. The molecule has 0 radical (unpaired) electrons. The first-order valence-corrected chi connectivity index (χ1v) is 7.48. The fourth-order valence-corrected chi connectivity index (χ4v) is 3.12. The Morgan fingerprint density at radius 3 is 2.33 bits per heavy atom. The summed E-state index contributed by atoms with van der Waals surface area (Å²) in [5.74, 6) is 0. The molecule has 0 aromatic carbocycles. The van der Waals surface area contributed by atoms with E-state index in [0.29, 0.717) is 0 Å². The van der Waals surface area contributed by atoms with Crippen molar-refractivity contribution < 1.29 is 0 Å². The van der Waals surface area contributed by atoms with E-state index in [-0.39, 0.29) is 6.04 Å². The zero-order valence-electron chi connectivity index (χ0n) is 14.2. The normalized spacial score (nSPS) is 12.7. The first-order valence-electron chi connectivity index (χ1n) is 7.48. The lowest BCUT2D eigenvalue weighted by atomic mass is 10.00. The number of hydrogen-bond donors (Lipinski definition) is 1. The van der Waals surface area contributed by atoms with Gasteiger partial charge in [0.05, 0.1) is 5.69 Å². The van der Waals surface area contributed by atoms with E-state index in [2.05, 4.69) is 56.1 Å². The molecule has 2 rings (SSSR count). The van der Waals surface area contributed by atoms with Crippen LogP contribution in [-0.2, 0) is 13.6 Å². The fourth-order valence-electron chi connectivity index (χ4n) is 3.12. The summed E-state index contributed by atoms with van der Waals surface area (Å²) < 4.78 is 1.95. The molecule has 4 nitrogen and oxygen atoms in total. The van der Waals surface area contributed by atoms with E-state index >= 15 is 0 Å². The van der Waals surface area contributed by atoms with Crippen molar-refractivity contribution in [1.29, 1.82) is 0 Å². The Hall–Kier alpha value is -1.68. The van der Waals surface area contributed by atoms with Gasteiger partial charge in [-0.3, -0.25) is 9.67 Å². The van der Waals surface area contributed by atoms with Crippen molar-refractivity contribution in [1.82, 2.24) is 20.1 Å². The predicted octanol–water partition coefficient (Wildman–Crippen LogP) is 3.21. The second-order valence-electron chi connectivity index (χ2n) is 5.96. The van der Waals surface area contributed by atoms with Crippen LogP contribution in [0.5, 0.6) is 0 Å². The molecule has 1 atom stereocenters. The van der Waals surface area contributed by atoms with Crippen LogP contribution >= 0.6 is 0 Å². The van der Waals surface area contributed by atoms with Crippen molar-refractivity contribution in [3.8, 4) is 0 Å². The fraction of sp³-hybridized carbons (Fsp3) is 0.529. The van der Waals surface area contributed by atoms with Crippen molar-refractivity contribution in [2.75, 3.05) is 0 Å². The highest BCUT2D eigenvalue weighted by Crippen LogP contribution is 2.22. The first kappa shape index (κ1) is 15.7. The Balaban J connectivity index is 2.17. The highest BCUT2D eigenvalue weighted by molar-refractivity contribution is 5.33. The highest BCUT2D eigenvalue weighted by atomic mass is 15.3.